The highest BCUT2D eigenvalue weighted by Gasteiger charge is 2.29. The van der Waals surface area contributed by atoms with Crippen LogP contribution in [0, 0.1) is 5.92 Å². The molecule has 0 saturated carbocycles. The molecule has 2 rings (SSSR count). The first-order chi connectivity index (χ1) is 15.3. The zero-order valence-electron chi connectivity index (χ0n) is 19.2. The molecule has 2 N–H and O–H groups in total. The van der Waals surface area contributed by atoms with Crippen LogP contribution in [-0.4, -0.2) is 43.6 Å². The van der Waals surface area contributed by atoms with E-state index in [9.17, 15) is 14.4 Å². The van der Waals surface area contributed by atoms with E-state index in [2.05, 4.69) is 10.6 Å². The van der Waals surface area contributed by atoms with Gasteiger partial charge >= 0.3 is 12.0 Å². The number of methoxy groups -OCH3 is 1. The normalized spacial score (nSPS) is 12.5. The first kappa shape index (κ1) is 24.9. The zero-order valence-corrected chi connectivity index (χ0v) is 19.2. The lowest BCUT2D eigenvalue weighted by atomic mass is 10.0. The Balaban J connectivity index is 2.23. The van der Waals surface area contributed by atoms with E-state index in [1.54, 1.807) is 4.90 Å². The van der Waals surface area contributed by atoms with Gasteiger partial charge < -0.3 is 15.4 Å². The predicted molar refractivity (Wildman–Crippen MR) is 125 cm³/mol. The number of hydrogen-bond acceptors (Lipinski definition) is 4. The van der Waals surface area contributed by atoms with Gasteiger partial charge in [0.1, 0.15) is 12.1 Å². The summed E-state index contributed by atoms with van der Waals surface area (Å²) in [6, 6.07) is 16.7. The van der Waals surface area contributed by atoms with Crippen LogP contribution in [0.25, 0.3) is 0 Å². The highest BCUT2D eigenvalue weighted by Crippen LogP contribution is 2.14. The van der Waals surface area contributed by atoms with E-state index in [0.717, 1.165) is 11.3 Å². The van der Waals surface area contributed by atoms with Gasteiger partial charge in [-0.15, -0.1) is 0 Å². The monoisotopic (exact) mass is 439 g/mol. The molecular weight excluding hydrogens is 406 g/mol. The minimum atomic E-state index is -0.859. The van der Waals surface area contributed by atoms with Crippen molar-refractivity contribution < 1.29 is 19.1 Å². The molecule has 0 aromatic heterocycles. The van der Waals surface area contributed by atoms with Gasteiger partial charge in [0.2, 0.25) is 5.91 Å². The first-order valence-corrected chi connectivity index (χ1v) is 10.9. The average Bonchev–Trinajstić information content (AvgIpc) is 2.79. The molecule has 0 bridgehead atoms. The number of amides is 3. The van der Waals surface area contributed by atoms with Crippen LogP contribution in [0.5, 0.6) is 0 Å². The summed E-state index contributed by atoms with van der Waals surface area (Å²) in [4.78, 5) is 40.0. The molecule has 0 unspecified atom stereocenters. The Hall–Kier alpha value is -3.35. The van der Waals surface area contributed by atoms with Crippen LogP contribution in [0.1, 0.15) is 32.8 Å². The number of hydrogen-bond donors (Lipinski definition) is 2. The van der Waals surface area contributed by atoms with Gasteiger partial charge in [-0.3, -0.25) is 9.69 Å². The molecule has 2 aromatic carbocycles. The third-order valence-corrected chi connectivity index (χ3v) is 5.04. The molecule has 2 aromatic rings. The number of nitrogens with zero attached hydrogens (tertiary/aromatic N) is 1. The minimum Gasteiger partial charge on any atom is -0.467 e. The Labute approximate surface area is 190 Å². The molecule has 7 heteroatoms. The highest BCUT2D eigenvalue weighted by atomic mass is 16.5. The van der Waals surface area contributed by atoms with Crippen molar-refractivity contribution in [2.45, 2.75) is 45.7 Å². The zero-order chi connectivity index (χ0) is 23.5. The molecule has 0 fully saturated rings. The van der Waals surface area contributed by atoms with Gasteiger partial charge in [-0.05, 0) is 37.0 Å². The molecule has 0 aliphatic heterocycles. The Bertz CT molecular complexity index is 871. The average molecular weight is 440 g/mol. The van der Waals surface area contributed by atoms with Crippen LogP contribution in [0.2, 0.25) is 0 Å². The minimum absolute atomic E-state index is 0.176. The number of rotatable bonds is 10. The fourth-order valence-corrected chi connectivity index (χ4v) is 3.44. The second kappa shape index (κ2) is 12.5. The summed E-state index contributed by atoms with van der Waals surface area (Å²) >= 11 is 0. The summed E-state index contributed by atoms with van der Waals surface area (Å²) < 4.78 is 4.86. The number of esters is 1. The highest BCUT2D eigenvalue weighted by molar-refractivity contribution is 5.96. The second-order valence-electron chi connectivity index (χ2n) is 7.99. The fourth-order valence-electron chi connectivity index (χ4n) is 3.44. The van der Waals surface area contributed by atoms with Crippen molar-refractivity contribution in [3.63, 3.8) is 0 Å². The SMILES string of the molecule is CCN(C(=O)N[C@H](Cc1ccccc1)C(=O)N[C@@H](CC(C)C)C(=O)OC)c1ccccc1. The number of benzene rings is 2. The van der Waals surface area contributed by atoms with Gasteiger partial charge in [-0.1, -0.05) is 62.4 Å². The lowest BCUT2D eigenvalue weighted by Crippen LogP contribution is -2.55. The molecule has 172 valence electrons. The molecule has 0 aliphatic rings. The number of ether oxygens (including phenoxy) is 1. The van der Waals surface area contributed by atoms with Gasteiger partial charge in [-0.25, -0.2) is 9.59 Å². The third-order valence-electron chi connectivity index (χ3n) is 5.04. The van der Waals surface area contributed by atoms with Gasteiger partial charge in [0.05, 0.1) is 7.11 Å². The number of urea groups is 1. The molecule has 32 heavy (non-hydrogen) atoms. The van der Waals surface area contributed by atoms with Gasteiger partial charge in [0.25, 0.3) is 0 Å². The van der Waals surface area contributed by atoms with Crippen LogP contribution >= 0.6 is 0 Å². The molecule has 2 atom stereocenters. The number of anilines is 1. The largest absolute Gasteiger partial charge is 0.467 e. The summed E-state index contributed by atoms with van der Waals surface area (Å²) in [6.07, 6.45) is 0.732. The Morgan fingerprint density at radius 3 is 2.03 bits per heavy atom. The molecule has 0 heterocycles. The maximum absolute atomic E-state index is 13.2. The Kier molecular flexibility index (Phi) is 9.73. The van der Waals surface area contributed by atoms with Crippen molar-refractivity contribution in [2.24, 2.45) is 5.92 Å². The van der Waals surface area contributed by atoms with E-state index < -0.39 is 24.0 Å². The summed E-state index contributed by atoms with van der Waals surface area (Å²) in [7, 11) is 1.30. The Morgan fingerprint density at radius 2 is 1.50 bits per heavy atom. The number of carbonyl (C=O) groups is 3. The van der Waals surface area contributed by atoms with Crippen molar-refractivity contribution in [3.8, 4) is 0 Å². The van der Waals surface area contributed by atoms with Crippen molar-refractivity contribution in [1.82, 2.24) is 10.6 Å². The fraction of sp³-hybridized carbons (Fsp3) is 0.400. The molecule has 3 amide bonds. The van der Waals surface area contributed by atoms with Crippen molar-refractivity contribution in [1.29, 1.82) is 0 Å². The third kappa shape index (κ3) is 7.41. The lowest BCUT2D eigenvalue weighted by Gasteiger charge is -2.27. The van der Waals surface area contributed by atoms with E-state index >= 15 is 0 Å². The maximum Gasteiger partial charge on any atom is 0.328 e. The van der Waals surface area contributed by atoms with Crippen LogP contribution in [0.4, 0.5) is 10.5 Å². The van der Waals surface area contributed by atoms with Gasteiger partial charge in [0, 0.05) is 18.7 Å². The summed E-state index contributed by atoms with van der Waals surface area (Å²) in [5.41, 5.74) is 1.63. The van der Waals surface area contributed by atoms with Crippen LogP contribution in [-0.2, 0) is 20.7 Å². The smallest absolute Gasteiger partial charge is 0.328 e. The Morgan fingerprint density at radius 1 is 0.906 bits per heavy atom. The second-order valence-corrected chi connectivity index (χ2v) is 7.99. The van der Waals surface area contributed by atoms with Gasteiger partial charge in [-0.2, -0.15) is 0 Å². The molecule has 7 nitrogen and oxygen atoms in total. The number of carbonyl (C=O) groups excluding carboxylic acids is 3. The standard InChI is InChI=1S/C25H33N3O4/c1-5-28(20-14-10-7-11-15-20)25(31)27-21(17-19-12-8-6-9-13-19)23(29)26-22(16-18(2)3)24(30)32-4/h6-15,18,21-22H,5,16-17H2,1-4H3,(H,26,29)(H,27,31)/t21-,22+/m1/s1. The molecular formula is C25H33N3O4. The van der Waals surface area contributed by atoms with Crippen molar-refractivity contribution >= 4 is 23.6 Å². The predicted octanol–water partition coefficient (Wildman–Crippen LogP) is 3.54. The van der Waals surface area contributed by atoms with Crippen LogP contribution in [0.15, 0.2) is 60.7 Å². The molecule has 0 aliphatic carbocycles. The number of nitrogens with one attached hydrogen (secondary N) is 2. The van der Waals surface area contributed by atoms with Crippen molar-refractivity contribution in [2.75, 3.05) is 18.6 Å². The van der Waals surface area contributed by atoms with E-state index in [4.69, 9.17) is 4.74 Å². The summed E-state index contributed by atoms with van der Waals surface area (Å²) in [5.74, 6) is -0.756. The van der Waals surface area contributed by atoms with Crippen LogP contribution in [0.3, 0.4) is 0 Å². The molecule has 0 radical (unpaired) electrons. The van der Waals surface area contributed by atoms with E-state index in [1.165, 1.54) is 7.11 Å². The topological polar surface area (TPSA) is 87.7 Å². The lowest BCUT2D eigenvalue weighted by molar-refractivity contribution is -0.145. The first-order valence-electron chi connectivity index (χ1n) is 10.9. The van der Waals surface area contributed by atoms with Crippen molar-refractivity contribution in [3.05, 3.63) is 66.2 Å². The molecule has 0 spiro atoms. The summed E-state index contributed by atoms with van der Waals surface area (Å²) in [6.45, 7) is 6.23. The van der Waals surface area contributed by atoms with E-state index in [0.29, 0.717) is 19.4 Å². The number of para-hydroxylation sites is 1. The molecule has 0 saturated heterocycles. The van der Waals surface area contributed by atoms with Gasteiger partial charge in [0.15, 0.2) is 0 Å². The van der Waals surface area contributed by atoms with E-state index in [-0.39, 0.29) is 11.9 Å². The summed E-state index contributed by atoms with van der Waals surface area (Å²) in [5, 5.41) is 5.63. The quantitative estimate of drug-likeness (QED) is 0.555. The maximum atomic E-state index is 13.2. The van der Waals surface area contributed by atoms with Crippen LogP contribution < -0.4 is 15.5 Å². The van der Waals surface area contributed by atoms with E-state index in [1.807, 2.05) is 81.4 Å².